The SMILES string of the molecule is Cc1ccc(-c2cc(C(F)(F)C(F)F)[nH]n2)cc1. The molecule has 2 rings (SSSR count). The van der Waals surface area contributed by atoms with E-state index in [4.69, 9.17) is 0 Å². The highest BCUT2D eigenvalue weighted by Crippen LogP contribution is 2.34. The Bertz CT molecular complexity index is 531. The number of nitrogens with zero attached hydrogens (tertiary/aromatic N) is 1. The molecule has 0 bridgehead atoms. The summed E-state index contributed by atoms with van der Waals surface area (Å²) >= 11 is 0. The Morgan fingerprint density at radius 2 is 1.78 bits per heavy atom. The van der Waals surface area contributed by atoms with Gasteiger partial charge in [0.05, 0.1) is 5.69 Å². The minimum Gasteiger partial charge on any atom is -0.276 e. The number of H-pyrrole nitrogens is 1. The van der Waals surface area contributed by atoms with Crippen molar-refractivity contribution in [3.05, 3.63) is 41.6 Å². The van der Waals surface area contributed by atoms with Crippen LogP contribution in [0, 0.1) is 6.92 Å². The van der Waals surface area contributed by atoms with E-state index in [2.05, 4.69) is 5.10 Å². The standard InChI is InChI=1S/C12H10F4N2/c1-7-2-4-8(5-3-7)9-6-10(18-17-9)12(15,16)11(13)14/h2-6,11H,1H3,(H,17,18). The fraction of sp³-hybridized carbons (Fsp3) is 0.250. The Kier molecular flexibility index (Phi) is 3.11. The third-order valence-electron chi connectivity index (χ3n) is 2.56. The number of hydrogen-bond acceptors (Lipinski definition) is 1. The van der Waals surface area contributed by atoms with Crippen LogP contribution in [-0.4, -0.2) is 16.6 Å². The van der Waals surface area contributed by atoms with Crippen molar-refractivity contribution in [1.29, 1.82) is 0 Å². The summed E-state index contributed by atoms with van der Waals surface area (Å²) in [7, 11) is 0. The highest BCUT2D eigenvalue weighted by Gasteiger charge is 2.44. The van der Waals surface area contributed by atoms with Crippen molar-refractivity contribution in [2.75, 3.05) is 0 Å². The number of alkyl halides is 4. The van der Waals surface area contributed by atoms with Gasteiger partial charge in [-0.05, 0) is 13.0 Å². The lowest BCUT2D eigenvalue weighted by Gasteiger charge is -2.11. The summed E-state index contributed by atoms with van der Waals surface area (Å²) in [6.07, 6.45) is -3.76. The quantitative estimate of drug-likeness (QED) is 0.835. The Morgan fingerprint density at radius 3 is 2.33 bits per heavy atom. The maximum Gasteiger partial charge on any atom is 0.348 e. The minimum absolute atomic E-state index is 0.213. The predicted octanol–water partition coefficient (Wildman–Crippen LogP) is 3.74. The molecular formula is C12H10F4N2. The highest BCUT2D eigenvalue weighted by molar-refractivity contribution is 5.59. The molecule has 1 N–H and O–H groups in total. The number of aryl methyl sites for hydroxylation is 1. The van der Waals surface area contributed by atoms with Crippen LogP contribution in [0.4, 0.5) is 17.6 Å². The van der Waals surface area contributed by atoms with E-state index in [1.165, 1.54) is 0 Å². The second-order valence-electron chi connectivity index (χ2n) is 3.96. The van der Waals surface area contributed by atoms with Crippen LogP contribution in [0.15, 0.2) is 30.3 Å². The molecule has 0 amide bonds. The highest BCUT2D eigenvalue weighted by atomic mass is 19.3. The molecule has 0 radical (unpaired) electrons. The molecule has 0 aliphatic carbocycles. The summed E-state index contributed by atoms with van der Waals surface area (Å²) in [6, 6.07) is 7.90. The van der Waals surface area contributed by atoms with Crippen LogP contribution in [0.25, 0.3) is 11.3 Å². The van der Waals surface area contributed by atoms with Gasteiger partial charge in [0.25, 0.3) is 0 Å². The molecule has 0 unspecified atom stereocenters. The molecule has 2 nitrogen and oxygen atoms in total. The van der Waals surface area contributed by atoms with Crippen LogP contribution in [-0.2, 0) is 5.92 Å². The molecule has 0 saturated carbocycles. The summed E-state index contributed by atoms with van der Waals surface area (Å²) < 4.78 is 50.4. The van der Waals surface area contributed by atoms with Crippen molar-refractivity contribution in [3.63, 3.8) is 0 Å². The molecular weight excluding hydrogens is 248 g/mol. The number of hydrogen-bond donors (Lipinski definition) is 1. The number of benzene rings is 1. The van der Waals surface area contributed by atoms with Crippen LogP contribution in [0.2, 0.25) is 0 Å². The monoisotopic (exact) mass is 258 g/mol. The molecule has 1 heterocycles. The number of aromatic nitrogens is 2. The molecule has 0 spiro atoms. The van der Waals surface area contributed by atoms with Crippen molar-refractivity contribution in [1.82, 2.24) is 10.2 Å². The van der Waals surface area contributed by atoms with Gasteiger partial charge in [-0.1, -0.05) is 29.8 Å². The maximum atomic E-state index is 13.1. The average molecular weight is 258 g/mol. The second kappa shape index (κ2) is 4.44. The number of aromatic amines is 1. The first-order valence-corrected chi connectivity index (χ1v) is 5.20. The minimum atomic E-state index is -4.21. The van der Waals surface area contributed by atoms with Gasteiger partial charge >= 0.3 is 12.3 Å². The largest absolute Gasteiger partial charge is 0.348 e. The first-order valence-electron chi connectivity index (χ1n) is 5.20. The Hall–Kier alpha value is -1.85. The lowest BCUT2D eigenvalue weighted by atomic mass is 10.1. The van der Waals surface area contributed by atoms with Crippen LogP contribution in [0.3, 0.4) is 0 Å². The molecule has 0 aliphatic heterocycles. The Balaban J connectivity index is 2.34. The molecule has 0 aliphatic rings. The molecule has 0 atom stereocenters. The molecule has 1 aromatic heterocycles. The van der Waals surface area contributed by atoms with Crippen LogP contribution in [0.1, 0.15) is 11.3 Å². The van der Waals surface area contributed by atoms with Gasteiger partial charge in [-0.3, -0.25) is 5.10 Å². The van der Waals surface area contributed by atoms with Crippen LogP contribution < -0.4 is 0 Å². The van der Waals surface area contributed by atoms with Crippen molar-refractivity contribution in [2.45, 2.75) is 19.3 Å². The summed E-state index contributed by atoms with van der Waals surface area (Å²) in [5.74, 6) is -4.21. The summed E-state index contributed by atoms with van der Waals surface area (Å²) in [5, 5.41) is 5.59. The number of nitrogens with one attached hydrogen (secondary N) is 1. The van der Waals surface area contributed by atoms with E-state index in [-0.39, 0.29) is 5.69 Å². The zero-order valence-corrected chi connectivity index (χ0v) is 9.42. The van der Waals surface area contributed by atoms with E-state index in [0.29, 0.717) is 5.56 Å². The zero-order chi connectivity index (χ0) is 13.3. The zero-order valence-electron chi connectivity index (χ0n) is 9.42. The van der Waals surface area contributed by atoms with Gasteiger partial charge in [0.1, 0.15) is 5.69 Å². The Morgan fingerprint density at radius 1 is 1.17 bits per heavy atom. The van der Waals surface area contributed by atoms with Crippen molar-refractivity contribution >= 4 is 0 Å². The van der Waals surface area contributed by atoms with E-state index in [1.807, 2.05) is 12.0 Å². The smallest absolute Gasteiger partial charge is 0.276 e. The fourth-order valence-corrected chi connectivity index (χ4v) is 1.48. The molecule has 18 heavy (non-hydrogen) atoms. The lowest BCUT2D eigenvalue weighted by molar-refractivity contribution is -0.137. The molecule has 1 aromatic carbocycles. The molecule has 2 aromatic rings. The van der Waals surface area contributed by atoms with Gasteiger partial charge < -0.3 is 0 Å². The van der Waals surface area contributed by atoms with E-state index in [0.717, 1.165) is 11.6 Å². The molecule has 0 saturated heterocycles. The van der Waals surface area contributed by atoms with Crippen molar-refractivity contribution in [3.8, 4) is 11.3 Å². The van der Waals surface area contributed by atoms with E-state index in [9.17, 15) is 17.6 Å². The summed E-state index contributed by atoms with van der Waals surface area (Å²) in [4.78, 5) is 0. The maximum absolute atomic E-state index is 13.1. The molecule has 0 fully saturated rings. The normalized spacial score (nSPS) is 12.1. The van der Waals surface area contributed by atoms with Gasteiger partial charge in [-0.25, -0.2) is 8.78 Å². The topological polar surface area (TPSA) is 28.7 Å². The van der Waals surface area contributed by atoms with Gasteiger partial charge in [-0.2, -0.15) is 13.9 Å². The first kappa shape index (κ1) is 12.6. The number of halogens is 4. The Labute approximate surface area is 101 Å². The second-order valence-corrected chi connectivity index (χ2v) is 3.96. The third-order valence-corrected chi connectivity index (χ3v) is 2.56. The predicted molar refractivity (Wildman–Crippen MR) is 58.7 cm³/mol. The van der Waals surface area contributed by atoms with Gasteiger partial charge in [0.2, 0.25) is 0 Å². The first-order chi connectivity index (χ1) is 8.41. The van der Waals surface area contributed by atoms with Crippen LogP contribution in [0.5, 0.6) is 0 Å². The summed E-state index contributed by atoms with van der Waals surface area (Å²) in [5.41, 5.74) is 0.930. The lowest BCUT2D eigenvalue weighted by Crippen LogP contribution is -2.23. The van der Waals surface area contributed by atoms with Crippen molar-refractivity contribution in [2.24, 2.45) is 0 Å². The van der Waals surface area contributed by atoms with E-state index >= 15 is 0 Å². The third kappa shape index (κ3) is 2.23. The molecule has 6 heteroatoms. The van der Waals surface area contributed by atoms with Crippen molar-refractivity contribution < 1.29 is 17.6 Å². The van der Waals surface area contributed by atoms with Gasteiger partial charge in [0, 0.05) is 5.56 Å². The van der Waals surface area contributed by atoms with Crippen LogP contribution >= 0.6 is 0 Å². The van der Waals surface area contributed by atoms with Gasteiger partial charge in [0.15, 0.2) is 0 Å². The average Bonchev–Trinajstić information content (AvgIpc) is 2.79. The molecule has 96 valence electrons. The fourth-order valence-electron chi connectivity index (χ4n) is 1.48. The van der Waals surface area contributed by atoms with Gasteiger partial charge in [-0.15, -0.1) is 0 Å². The van der Waals surface area contributed by atoms with E-state index in [1.54, 1.807) is 24.3 Å². The number of rotatable bonds is 3. The van der Waals surface area contributed by atoms with E-state index < -0.39 is 18.0 Å². The summed E-state index contributed by atoms with van der Waals surface area (Å²) in [6.45, 7) is 1.88.